The summed E-state index contributed by atoms with van der Waals surface area (Å²) in [5.41, 5.74) is 0.675. The summed E-state index contributed by atoms with van der Waals surface area (Å²) in [5.74, 6) is -0.989. The van der Waals surface area contributed by atoms with Crippen LogP contribution in [-0.2, 0) is 9.59 Å². The number of rotatable bonds is 5. The second-order valence-electron chi connectivity index (χ2n) is 5.45. The van der Waals surface area contributed by atoms with Crippen LogP contribution in [0.25, 0.3) is 0 Å². The number of hydrogen-bond acceptors (Lipinski definition) is 3. The van der Waals surface area contributed by atoms with Crippen molar-refractivity contribution < 1.29 is 14.7 Å². The Kier molecular flexibility index (Phi) is 4.57. The maximum Gasteiger partial charge on any atom is 0.305 e. The van der Waals surface area contributed by atoms with Gasteiger partial charge in [0.25, 0.3) is 5.91 Å². The van der Waals surface area contributed by atoms with E-state index in [1.165, 1.54) is 4.90 Å². The summed E-state index contributed by atoms with van der Waals surface area (Å²) in [6.45, 7) is 4.58. The Bertz CT molecular complexity index is 559. The molecule has 21 heavy (non-hydrogen) atoms. The van der Waals surface area contributed by atoms with Crippen LogP contribution in [-0.4, -0.2) is 39.6 Å². The highest BCUT2D eigenvalue weighted by atomic mass is 32.1. The lowest BCUT2D eigenvalue weighted by Crippen LogP contribution is -2.39. The van der Waals surface area contributed by atoms with E-state index in [1.807, 2.05) is 32.0 Å². The van der Waals surface area contributed by atoms with Crippen molar-refractivity contribution in [1.29, 1.82) is 0 Å². The van der Waals surface area contributed by atoms with E-state index in [1.54, 1.807) is 17.0 Å². The van der Waals surface area contributed by atoms with Crippen molar-refractivity contribution in [3.05, 3.63) is 30.3 Å². The van der Waals surface area contributed by atoms with E-state index in [0.29, 0.717) is 17.3 Å². The highest BCUT2D eigenvalue weighted by Crippen LogP contribution is 2.27. The summed E-state index contributed by atoms with van der Waals surface area (Å²) < 4.78 is 0. The van der Waals surface area contributed by atoms with Gasteiger partial charge in [0.05, 0.1) is 12.1 Å². The number of nitrogens with zero attached hydrogens (tertiary/aromatic N) is 2. The standard InChI is InChI=1S/C15H18N2O3S/c1-10(2)9-16-12(8-13(18)19)14(20)17(15(16)21)11-6-4-3-5-7-11/h3-7,10,12H,8-9H2,1-2H3,(H,18,19)/t12-/m1/s1. The van der Waals surface area contributed by atoms with Gasteiger partial charge >= 0.3 is 5.97 Å². The largest absolute Gasteiger partial charge is 0.481 e. The van der Waals surface area contributed by atoms with Crippen molar-refractivity contribution in [1.82, 2.24) is 4.90 Å². The third-order valence-electron chi connectivity index (χ3n) is 3.26. The van der Waals surface area contributed by atoms with Crippen molar-refractivity contribution in [2.45, 2.75) is 26.3 Å². The number of thiocarbonyl (C=S) groups is 1. The van der Waals surface area contributed by atoms with Crippen LogP contribution in [0.2, 0.25) is 0 Å². The molecule has 0 unspecified atom stereocenters. The van der Waals surface area contributed by atoms with E-state index < -0.39 is 12.0 Å². The molecule has 5 nitrogen and oxygen atoms in total. The molecule has 1 amide bonds. The SMILES string of the molecule is CC(C)CN1C(=S)N(c2ccccc2)C(=O)[C@H]1CC(=O)O. The number of carbonyl (C=O) groups is 2. The first-order valence-corrected chi connectivity index (χ1v) is 7.24. The molecule has 6 heteroatoms. The number of benzene rings is 1. The summed E-state index contributed by atoms with van der Waals surface area (Å²) in [7, 11) is 0. The lowest BCUT2D eigenvalue weighted by molar-refractivity contribution is -0.140. The molecule has 0 aliphatic carbocycles. The molecule has 1 heterocycles. The van der Waals surface area contributed by atoms with Gasteiger partial charge in [-0.3, -0.25) is 14.5 Å². The van der Waals surface area contributed by atoms with Gasteiger partial charge in [-0.2, -0.15) is 0 Å². The summed E-state index contributed by atoms with van der Waals surface area (Å²) >= 11 is 5.41. The van der Waals surface area contributed by atoms with Gasteiger partial charge in [0.15, 0.2) is 5.11 Å². The van der Waals surface area contributed by atoms with Crippen molar-refractivity contribution in [2.75, 3.05) is 11.4 Å². The molecular formula is C15H18N2O3S. The van der Waals surface area contributed by atoms with Crippen LogP contribution in [0.4, 0.5) is 5.69 Å². The van der Waals surface area contributed by atoms with E-state index in [9.17, 15) is 9.59 Å². The predicted octanol–water partition coefficient (Wildman–Crippen LogP) is 2.12. The number of amides is 1. The predicted molar refractivity (Wildman–Crippen MR) is 84.1 cm³/mol. The fourth-order valence-corrected chi connectivity index (χ4v) is 2.81. The van der Waals surface area contributed by atoms with Gasteiger partial charge in [-0.15, -0.1) is 0 Å². The Morgan fingerprint density at radius 3 is 2.48 bits per heavy atom. The Balaban J connectivity index is 2.34. The molecule has 1 aliphatic rings. The minimum atomic E-state index is -1.00. The first-order valence-electron chi connectivity index (χ1n) is 6.83. The molecule has 1 saturated heterocycles. The number of para-hydroxylation sites is 1. The van der Waals surface area contributed by atoms with Crippen molar-refractivity contribution in [3.8, 4) is 0 Å². The second kappa shape index (κ2) is 6.22. The van der Waals surface area contributed by atoms with E-state index in [0.717, 1.165) is 0 Å². The van der Waals surface area contributed by atoms with Gasteiger partial charge in [0.2, 0.25) is 0 Å². The first kappa shape index (κ1) is 15.4. The molecule has 0 radical (unpaired) electrons. The normalized spacial score (nSPS) is 18.7. The van der Waals surface area contributed by atoms with E-state index in [4.69, 9.17) is 17.3 Å². The fourth-order valence-electron chi connectivity index (χ4n) is 2.41. The van der Waals surface area contributed by atoms with Crippen LogP contribution < -0.4 is 4.90 Å². The highest BCUT2D eigenvalue weighted by Gasteiger charge is 2.44. The molecule has 1 fully saturated rings. The van der Waals surface area contributed by atoms with Crippen LogP contribution in [0.1, 0.15) is 20.3 Å². The lowest BCUT2D eigenvalue weighted by Gasteiger charge is -2.25. The molecule has 0 aromatic heterocycles. The van der Waals surface area contributed by atoms with E-state index in [-0.39, 0.29) is 18.2 Å². The number of hydrogen-bond donors (Lipinski definition) is 1. The van der Waals surface area contributed by atoms with E-state index >= 15 is 0 Å². The van der Waals surface area contributed by atoms with Crippen LogP contribution in [0.3, 0.4) is 0 Å². The zero-order valence-corrected chi connectivity index (χ0v) is 12.8. The van der Waals surface area contributed by atoms with Crippen LogP contribution in [0.5, 0.6) is 0 Å². The summed E-state index contributed by atoms with van der Waals surface area (Å²) in [6, 6.07) is 8.36. The minimum absolute atomic E-state index is 0.241. The van der Waals surface area contributed by atoms with Crippen molar-refractivity contribution in [3.63, 3.8) is 0 Å². The molecule has 0 bridgehead atoms. The van der Waals surface area contributed by atoms with Gasteiger partial charge in [-0.05, 0) is 30.3 Å². The lowest BCUT2D eigenvalue weighted by atomic mass is 10.1. The van der Waals surface area contributed by atoms with Crippen molar-refractivity contribution >= 4 is 34.9 Å². The van der Waals surface area contributed by atoms with Crippen LogP contribution >= 0.6 is 12.2 Å². The molecular weight excluding hydrogens is 288 g/mol. The Morgan fingerprint density at radius 1 is 1.33 bits per heavy atom. The fraction of sp³-hybridized carbons (Fsp3) is 0.400. The molecule has 0 spiro atoms. The molecule has 2 rings (SSSR count). The topological polar surface area (TPSA) is 60.9 Å². The smallest absolute Gasteiger partial charge is 0.305 e. The highest BCUT2D eigenvalue weighted by molar-refractivity contribution is 7.80. The molecule has 0 saturated carbocycles. The van der Waals surface area contributed by atoms with Gasteiger partial charge in [0.1, 0.15) is 6.04 Å². The van der Waals surface area contributed by atoms with Crippen LogP contribution in [0, 0.1) is 5.92 Å². The number of carboxylic acid groups (broad SMARTS) is 1. The molecule has 112 valence electrons. The average Bonchev–Trinajstić information content (AvgIpc) is 2.63. The minimum Gasteiger partial charge on any atom is -0.481 e. The monoisotopic (exact) mass is 306 g/mol. The zero-order valence-electron chi connectivity index (χ0n) is 12.0. The number of carbonyl (C=O) groups excluding carboxylic acids is 1. The third-order valence-corrected chi connectivity index (χ3v) is 3.68. The summed E-state index contributed by atoms with van der Waals surface area (Å²) in [4.78, 5) is 26.8. The quantitative estimate of drug-likeness (QED) is 0.844. The van der Waals surface area contributed by atoms with E-state index in [2.05, 4.69) is 0 Å². The Labute approximate surface area is 129 Å². The number of carboxylic acids is 1. The molecule has 1 N–H and O–H groups in total. The van der Waals surface area contributed by atoms with Crippen LogP contribution in [0.15, 0.2) is 30.3 Å². The van der Waals surface area contributed by atoms with Gasteiger partial charge in [0, 0.05) is 6.54 Å². The summed E-state index contributed by atoms with van der Waals surface area (Å²) in [6.07, 6.45) is -0.241. The maximum absolute atomic E-state index is 12.6. The van der Waals surface area contributed by atoms with Gasteiger partial charge < -0.3 is 10.0 Å². The van der Waals surface area contributed by atoms with Crippen molar-refractivity contribution in [2.24, 2.45) is 5.92 Å². The molecule has 1 aliphatic heterocycles. The molecule has 1 atom stereocenters. The third kappa shape index (κ3) is 3.21. The van der Waals surface area contributed by atoms with Gasteiger partial charge in [-0.1, -0.05) is 32.0 Å². The average molecular weight is 306 g/mol. The first-order chi connectivity index (χ1) is 9.91. The number of anilines is 1. The van der Waals surface area contributed by atoms with Gasteiger partial charge in [-0.25, -0.2) is 0 Å². The maximum atomic E-state index is 12.6. The Hall–Kier alpha value is -1.95. The number of aliphatic carboxylic acids is 1. The Morgan fingerprint density at radius 2 is 1.95 bits per heavy atom. The molecule has 1 aromatic rings. The zero-order chi connectivity index (χ0) is 15.6. The second-order valence-corrected chi connectivity index (χ2v) is 5.82. The summed E-state index contributed by atoms with van der Waals surface area (Å²) in [5, 5.41) is 9.43. The molecule has 1 aromatic carbocycles.